The van der Waals surface area contributed by atoms with Crippen molar-refractivity contribution in [3.05, 3.63) is 0 Å². The van der Waals surface area contributed by atoms with Crippen LogP contribution >= 0.6 is 0 Å². The topological polar surface area (TPSA) is 49.3 Å². The Morgan fingerprint density at radius 1 is 0.944 bits per heavy atom. The van der Waals surface area contributed by atoms with Gasteiger partial charge in [0.1, 0.15) is 5.37 Å². The van der Waals surface area contributed by atoms with Crippen LogP contribution in [0.15, 0.2) is 0 Å². The van der Waals surface area contributed by atoms with Crippen molar-refractivity contribution in [2.45, 2.75) is 83.4 Å². The summed E-state index contributed by atoms with van der Waals surface area (Å²) in [6, 6.07) is 0. The summed E-state index contributed by atoms with van der Waals surface area (Å²) in [5, 5.41) is 2.82. The number of hydrogen-bond donors (Lipinski definition) is 2. The van der Waals surface area contributed by atoms with Crippen molar-refractivity contribution < 1.29 is 8.76 Å². The summed E-state index contributed by atoms with van der Waals surface area (Å²) in [5.41, 5.74) is 0. The van der Waals surface area contributed by atoms with E-state index >= 15 is 0 Å². The number of nitrogens with one attached hydrogen (secondary N) is 1. The number of hydrogen-bond acceptors (Lipinski definition) is 2. The van der Waals surface area contributed by atoms with Crippen LogP contribution in [0.3, 0.4) is 0 Å². The van der Waals surface area contributed by atoms with Gasteiger partial charge in [-0.3, -0.25) is 0 Å². The molecule has 0 aromatic heterocycles. The van der Waals surface area contributed by atoms with Crippen LogP contribution in [0, 0.1) is 0 Å². The van der Waals surface area contributed by atoms with Crippen LogP contribution in [0.25, 0.3) is 0 Å². The number of rotatable bonds is 13. The second-order valence-corrected chi connectivity index (χ2v) is 6.06. The molecule has 0 aliphatic carbocycles. The predicted octanol–water partition coefficient (Wildman–Crippen LogP) is 4.06. The van der Waals surface area contributed by atoms with Crippen molar-refractivity contribution in [3.8, 4) is 0 Å². The van der Waals surface area contributed by atoms with E-state index in [2.05, 4.69) is 12.2 Å². The lowest BCUT2D eigenvalue weighted by Crippen LogP contribution is -2.32. The lowest BCUT2D eigenvalue weighted by Gasteiger charge is -2.13. The molecule has 0 aliphatic heterocycles. The van der Waals surface area contributed by atoms with Crippen LogP contribution in [-0.4, -0.2) is 20.7 Å². The van der Waals surface area contributed by atoms with Crippen LogP contribution < -0.4 is 5.32 Å². The van der Waals surface area contributed by atoms with E-state index in [1.807, 2.05) is 6.92 Å². The zero-order valence-electron chi connectivity index (χ0n) is 12.1. The molecule has 0 amide bonds. The molecule has 2 atom stereocenters. The van der Waals surface area contributed by atoms with E-state index in [1.54, 1.807) is 0 Å². The highest BCUT2D eigenvalue weighted by Gasteiger charge is 2.12. The van der Waals surface area contributed by atoms with Gasteiger partial charge in [-0.2, -0.15) is 0 Å². The average molecular weight is 277 g/mol. The van der Waals surface area contributed by atoms with Crippen LogP contribution in [0.2, 0.25) is 0 Å². The normalized spacial score (nSPS) is 14.6. The molecule has 0 aromatic rings. The first-order valence-electron chi connectivity index (χ1n) is 7.55. The van der Waals surface area contributed by atoms with E-state index in [9.17, 15) is 4.21 Å². The second-order valence-electron chi connectivity index (χ2n) is 4.94. The molecule has 0 heterocycles. The molecule has 2 N–H and O–H groups in total. The molecule has 0 saturated heterocycles. The van der Waals surface area contributed by atoms with Crippen molar-refractivity contribution in [1.82, 2.24) is 5.32 Å². The second kappa shape index (κ2) is 13.5. The van der Waals surface area contributed by atoms with E-state index in [4.69, 9.17) is 4.55 Å². The summed E-state index contributed by atoms with van der Waals surface area (Å²) in [6.45, 7) is 4.97. The molecule has 0 saturated carbocycles. The Morgan fingerprint density at radius 3 is 1.89 bits per heavy atom. The standard InChI is InChI=1S/C14H31NO2S/c1-3-5-6-7-8-9-10-11-12-13-14(15-4-2)18(16)17/h14-15H,3-13H2,1-2H3,(H,16,17). The quantitative estimate of drug-likeness (QED) is 0.394. The molecule has 18 heavy (non-hydrogen) atoms. The summed E-state index contributed by atoms with van der Waals surface area (Å²) in [4.78, 5) is 0. The maximum absolute atomic E-state index is 11.0. The minimum absolute atomic E-state index is 0.237. The van der Waals surface area contributed by atoms with Gasteiger partial charge in [0.2, 0.25) is 0 Å². The monoisotopic (exact) mass is 277 g/mol. The molecular formula is C14H31NO2S. The summed E-state index contributed by atoms with van der Waals surface area (Å²) in [5.74, 6) is 0. The third-order valence-corrected chi connectivity index (χ3v) is 4.13. The Balaban J connectivity index is 3.30. The van der Waals surface area contributed by atoms with E-state index in [0.29, 0.717) is 0 Å². The van der Waals surface area contributed by atoms with Crippen LogP contribution in [0.1, 0.15) is 78.1 Å². The lowest BCUT2D eigenvalue weighted by atomic mass is 10.1. The fourth-order valence-electron chi connectivity index (χ4n) is 2.14. The third-order valence-electron chi connectivity index (χ3n) is 3.25. The third kappa shape index (κ3) is 11.2. The molecule has 0 radical (unpaired) electrons. The molecule has 3 nitrogen and oxygen atoms in total. The first kappa shape index (κ1) is 18.1. The van der Waals surface area contributed by atoms with Gasteiger partial charge >= 0.3 is 0 Å². The molecule has 0 spiro atoms. The van der Waals surface area contributed by atoms with Crippen molar-refractivity contribution in [3.63, 3.8) is 0 Å². The van der Waals surface area contributed by atoms with Crippen LogP contribution in [-0.2, 0) is 11.1 Å². The van der Waals surface area contributed by atoms with Gasteiger partial charge in [0.05, 0.1) is 0 Å². The Kier molecular flexibility index (Phi) is 13.6. The summed E-state index contributed by atoms with van der Waals surface area (Å²) in [6.07, 6.45) is 12.4. The maximum atomic E-state index is 11.0. The van der Waals surface area contributed by atoms with Crippen molar-refractivity contribution in [2.75, 3.05) is 6.54 Å². The van der Waals surface area contributed by atoms with Gasteiger partial charge in [0.25, 0.3) is 0 Å². The highest BCUT2D eigenvalue weighted by Crippen LogP contribution is 2.12. The Bertz CT molecular complexity index is 200. The minimum Gasteiger partial charge on any atom is -0.305 e. The smallest absolute Gasteiger partial charge is 0.170 e. The first-order valence-corrected chi connectivity index (χ1v) is 8.72. The molecule has 4 heteroatoms. The molecule has 0 rings (SSSR count). The Labute approximate surface area is 115 Å². The van der Waals surface area contributed by atoms with Gasteiger partial charge in [0, 0.05) is 0 Å². The molecule has 0 fully saturated rings. The molecule has 0 aliphatic rings. The maximum Gasteiger partial charge on any atom is 0.170 e. The van der Waals surface area contributed by atoms with Gasteiger partial charge in [0.15, 0.2) is 11.1 Å². The van der Waals surface area contributed by atoms with Gasteiger partial charge in [-0.1, -0.05) is 71.6 Å². The minimum atomic E-state index is -1.73. The Morgan fingerprint density at radius 2 is 1.44 bits per heavy atom. The van der Waals surface area contributed by atoms with E-state index in [0.717, 1.165) is 19.4 Å². The fourth-order valence-corrected chi connectivity index (χ4v) is 2.82. The van der Waals surface area contributed by atoms with Gasteiger partial charge in [-0.05, 0) is 13.0 Å². The summed E-state index contributed by atoms with van der Waals surface area (Å²) in [7, 11) is 0. The molecule has 0 bridgehead atoms. The Hall–Kier alpha value is 0.0700. The number of unbranched alkanes of at least 4 members (excludes halogenated alkanes) is 8. The lowest BCUT2D eigenvalue weighted by molar-refractivity contribution is 0.491. The summed E-state index contributed by atoms with van der Waals surface area (Å²) < 4.78 is 20.1. The highest BCUT2D eigenvalue weighted by molar-refractivity contribution is 7.79. The van der Waals surface area contributed by atoms with E-state index < -0.39 is 11.1 Å². The predicted molar refractivity (Wildman–Crippen MR) is 80.1 cm³/mol. The van der Waals surface area contributed by atoms with Crippen LogP contribution in [0.4, 0.5) is 0 Å². The van der Waals surface area contributed by atoms with Gasteiger partial charge in [-0.15, -0.1) is 0 Å². The van der Waals surface area contributed by atoms with Crippen molar-refractivity contribution in [1.29, 1.82) is 0 Å². The fraction of sp³-hybridized carbons (Fsp3) is 1.00. The molecule has 0 aromatic carbocycles. The molecule has 2 unspecified atom stereocenters. The van der Waals surface area contributed by atoms with E-state index in [-0.39, 0.29) is 5.37 Å². The van der Waals surface area contributed by atoms with E-state index in [1.165, 1.54) is 51.4 Å². The highest BCUT2D eigenvalue weighted by atomic mass is 32.2. The first-order chi connectivity index (χ1) is 8.72. The van der Waals surface area contributed by atoms with Gasteiger partial charge < -0.3 is 9.87 Å². The van der Waals surface area contributed by atoms with Crippen LogP contribution in [0.5, 0.6) is 0 Å². The van der Waals surface area contributed by atoms with Gasteiger partial charge in [-0.25, -0.2) is 4.21 Å². The zero-order chi connectivity index (χ0) is 13.6. The average Bonchev–Trinajstić information content (AvgIpc) is 2.35. The molecule has 110 valence electrons. The zero-order valence-corrected chi connectivity index (χ0v) is 12.9. The SMILES string of the molecule is CCCCCCCCCCCC(NCC)S(=O)O. The van der Waals surface area contributed by atoms with Crippen molar-refractivity contribution in [2.24, 2.45) is 0 Å². The molecular weight excluding hydrogens is 246 g/mol. The summed E-state index contributed by atoms with van der Waals surface area (Å²) >= 11 is -1.73. The van der Waals surface area contributed by atoms with Crippen molar-refractivity contribution >= 4 is 11.1 Å². The largest absolute Gasteiger partial charge is 0.305 e.